The van der Waals surface area contributed by atoms with Gasteiger partial charge in [-0.25, -0.2) is 0 Å². The molecule has 0 amide bonds. The summed E-state index contributed by atoms with van der Waals surface area (Å²) in [5.41, 5.74) is 2.16. The van der Waals surface area contributed by atoms with Gasteiger partial charge in [-0.05, 0) is 38.0 Å². The summed E-state index contributed by atoms with van der Waals surface area (Å²) >= 11 is 0. The maximum atomic E-state index is 6.31. The van der Waals surface area contributed by atoms with Crippen molar-refractivity contribution in [2.75, 3.05) is 13.1 Å². The summed E-state index contributed by atoms with van der Waals surface area (Å²) in [6, 6.07) is 10.4. The summed E-state index contributed by atoms with van der Waals surface area (Å²) < 4.78 is 13.8. The molecule has 1 fully saturated rings. The largest absolute Gasteiger partial charge is 0.490 e. The van der Waals surface area contributed by atoms with E-state index in [1.807, 2.05) is 13.0 Å². The summed E-state index contributed by atoms with van der Waals surface area (Å²) in [5, 5.41) is 5.15. The van der Waals surface area contributed by atoms with Crippen LogP contribution >= 0.6 is 0 Å². The maximum absolute atomic E-state index is 6.31. The molecule has 1 aliphatic heterocycles. The van der Waals surface area contributed by atoms with E-state index in [1.165, 1.54) is 10.9 Å². The van der Waals surface area contributed by atoms with Gasteiger partial charge < -0.3 is 13.8 Å². The Morgan fingerprint density at radius 1 is 1.25 bits per heavy atom. The third-order valence-electron chi connectivity index (χ3n) is 4.77. The number of hydrogen-bond donors (Lipinski definition) is 0. The molecule has 0 saturated carbocycles. The Bertz CT molecular complexity index is 828. The first-order valence-corrected chi connectivity index (χ1v) is 8.54. The van der Waals surface area contributed by atoms with Gasteiger partial charge in [0.1, 0.15) is 11.9 Å². The summed E-state index contributed by atoms with van der Waals surface area (Å²) in [7, 11) is 2.07. The third-order valence-corrected chi connectivity index (χ3v) is 4.77. The molecule has 1 aromatic carbocycles. The van der Waals surface area contributed by atoms with Crippen LogP contribution in [0.1, 0.15) is 24.3 Å². The van der Waals surface area contributed by atoms with Crippen LogP contribution in [0.25, 0.3) is 10.9 Å². The fourth-order valence-corrected chi connectivity index (χ4v) is 3.45. The van der Waals surface area contributed by atoms with Gasteiger partial charge >= 0.3 is 0 Å². The van der Waals surface area contributed by atoms with Gasteiger partial charge in [-0.3, -0.25) is 4.90 Å². The Labute approximate surface area is 141 Å². The van der Waals surface area contributed by atoms with Gasteiger partial charge in [-0.2, -0.15) is 0 Å². The van der Waals surface area contributed by atoms with E-state index >= 15 is 0 Å². The number of rotatable bonds is 4. The van der Waals surface area contributed by atoms with Crippen LogP contribution in [0.4, 0.5) is 0 Å². The highest BCUT2D eigenvalue weighted by atomic mass is 16.5. The smallest absolute Gasteiger partial charge is 0.150 e. The van der Waals surface area contributed by atoms with E-state index in [2.05, 4.69) is 52.1 Å². The molecule has 1 saturated heterocycles. The molecule has 0 spiro atoms. The zero-order chi connectivity index (χ0) is 16.5. The van der Waals surface area contributed by atoms with Crippen molar-refractivity contribution in [1.82, 2.24) is 14.6 Å². The van der Waals surface area contributed by atoms with E-state index in [4.69, 9.17) is 9.26 Å². The van der Waals surface area contributed by atoms with Crippen LogP contribution in [0.3, 0.4) is 0 Å². The number of piperidine rings is 1. The van der Waals surface area contributed by atoms with Crippen LogP contribution in [0.2, 0.25) is 0 Å². The number of likely N-dealkylation sites (tertiary alicyclic amines) is 1. The van der Waals surface area contributed by atoms with Gasteiger partial charge in [0, 0.05) is 37.8 Å². The molecular weight excluding hydrogens is 302 g/mol. The lowest BCUT2D eigenvalue weighted by Gasteiger charge is -2.31. The molecule has 1 aliphatic rings. The van der Waals surface area contributed by atoms with E-state index in [1.54, 1.807) is 0 Å². The number of aryl methyl sites for hydroxylation is 2. The summed E-state index contributed by atoms with van der Waals surface area (Å²) in [5.74, 6) is 1.94. The van der Waals surface area contributed by atoms with Crippen molar-refractivity contribution < 1.29 is 9.26 Å². The number of hydrogen-bond acceptors (Lipinski definition) is 4. The Morgan fingerprint density at radius 2 is 2.08 bits per heavy atom. The molecule has 24 heavy (non-hydrogen) atoms. The Balaban J connectivity index is 1.37. The van der Waals surface area contributed by atoms with Gasteiger partial charge in [-0.1, -0.05) is 11.2 Å². The molecule has 0 aliphatic carbocycles. The molecule has 0 radical (unpaired) electrons. The van der Waals surface area contributed by atoms with E-state index in [-0.39, 0.29) is 6.10 Å². The van der Waals surface area contributed by atoms with Crippen LogP contribution in [0.15, 0.2) is 41.1 Å². The SMILES string of the molecule is Cc1cc(CN2CCC(Oc3cccc4c3ccn4C)CC2)on1. The molecule has 0 unspecified atom stereocenters. The number of benzene rings is 1. The average molecular weight is 325 g/mol. The van der Waals surface area contributed by atoms with Crippen molar-refractivity contribution in [3.63, 3.8) is 0 Å². The number of nitrogens with zero attached hydrogens (tertiary/aromatic N) is 3. The van der Waals surface area contributed by atoms with Crippen molar-refractivity contribution in [3.05, 3.63) is 48.0 Å². The van der Waals surface area contributed by atoms with E-state index in [0.29, 0.717) is 0 Å². The highest BCUT2D eigenvalue weighted by Gasteiger charge is 2.22. The molecule has 5 nitrogen and oxygen atoms in total. The molecule has 2 aromatic heterocycles. The molecule has 0 atom stereocenters. The van der Waals surface area contributed by atoms with Crippen molar-refractivity contribution in [2.24, 2.45) is 7.05 Å². The van der Waals surface area contributed by atoms with Crippen LogP contribution in [0.5, 0.6) is 5.75 Å². The second kappa shape index (κ2) is 6.32. The summed E-state index contributed by atoms with van der Waals surface area (Å²) in [6.07, 6.45) is 4.44. The van der Waals surface area contributed by atoms with E-state index in [9.17, 15) is 0 Å². The first-order valence-electron chi connectivity index (χ1n) is 8.54. The van der Waals surface area contributed by atoms with Crippen molar-refractivity contribution >= 4 is 10.9 Å². The van der Waals surface area contributed by atoms with Crippen LogP contribution in [-0.4, -0.2) is 33.8 Å². The molecule has 4 rings (SSSR count). The minimum atomic E-state index is 0.281. The minimum Gasteiger partial charge on any atom is -0.490 e. The quantitative estimate of drug-likeness (QED) is 0.736. The van der Waals surface area contributed by atoms with Crippen LogP contribution in [0, 0.1) is 6.92 Å². The van der Waals surface area contributed by atoms with Crippen molar-refractivity contribution in [2.45, 2.75) is 32.4 Å². The molecule has 5 heteroatoms. The average Bonchev–Trinajstić information content (AvgIpc) is 3.16. The molecule has 126 valence electrons. The standard InChI is InChI=1S/C19H23N3O2/c1-14-12-16(24-20-14)13-22-10-6-15(7-11-22)23-19-5-3-4-18-17(19)8-9-21(18)2/h3-5,8-9,12,15H,6-7,10-11,13H2,1-2H3. The predicted molar refractivity (Wildman–Crippen MR) is 93.1 cm³/mol. The Kier molecular flexibility index (Phi) is 4.02. The fourth-order valence-electron chi connectivity index (χ4n) is 3.45. The monoisotopic (exact) mass is 325 g/mol. The lowest BCUT2D eigenvalue weighted by atomic mass is 10.1. The van der Waals surface area contributed by atoms with Gasteiger partial charge in [0.05, 0.1) is 17.8 Å². The van der Waals surface area contributed by atoms with E-state index in [0.717, 1.165) is 49.7 Å². The molecule has 0 N–H and O–H groups in total. The normalized spacial score (nSPS) is 16.8. The first-order chi connectivity index (χ1) is 11.7. The zero-order valence-corrected chi connectivity index (χ0v) is 14.2. The van der Waals surface area contributed by atoms with Crippen molar-refractivity contribution in [3.8, 4) is 5.75 Å². The minimum absolute atomic E-state index is 0.281. The van der Waals surface area contributed by atoms with Gasteiger partial charge in [0.25, 0.3) is 0 Å². The summed E-state index contributed by atoms with van der Waals surface area (Å²) in [6.45, 7) is 4.84. The van der Waals surface area contributed by atoms with Gasteiger partial charge in [0.2, 0.25) is 0 Å². The van der Waals surface area contributed by atoms with Gasteiger partial charge in [0.15, 0.2) is 5.76 Å². The van der Waals surface area contributed by atoms with Crippen LogP contribution in [-0.2, 0) is 13.6 Å². The summed E-state index contributed by atoms with van der Waals surface area (Å²) in [4.78, 5) is 2.41. The molecule has 3 heterocycles. The number of fused-ring (bicyclic) bond motifs is 1. The van der Waals surface area contributed by atoms with E-state index < -0.39 is 0 Å². The number of aromatic nitrogens is 2. The first kappa shape index (κ1) is 15.3. The maximum Gasteiger partial charge on any atom is 0.150 e. The lowest BCUT2D eigenvalue weighted by Crippen LogP contribution is -2.37. The second-order valence-electron chi connectivity index (χ2n) is 6.64. The fraction of sp³-hybridized carbons (Fsp3) is 0.421. The Hall–Kier alpha value is -2.27. The van der Waals surface area contributed by atoms with Crippen molar-refractivity contribution in [1.29, 1.82) is 0 Å². The molecular formula is C19H23N3O2. The van der Waals surface area contributed by atoms with Crippen LogP contribution < -0.4 is 4.74 Å². The third kappa shape index (κ3) is 3.04. The molecule has 0 bridgehead atoms. The number of ether oxygens (including phenoxy) is 1. The topological polar surface area (TPSA) is 43.4 Å². The highest BCUT2D eigenvalue weighted by Crippen LogP contribution is 2.28. The highest BCUT2D eigenvalue weighted by molar-refractivity contribution is 5.86. The lowest BCUT2D eigenvalue weighted by molar-refractivity contribution is 0.0925. The molecule has 3 aromatic rings. The zero-order valence-electron chi connectivity index (χ0n) is 14.2. The van der Waals surface area contributed by atoms with Gasteiger partial charge in [-0.15, -0.1) is 0 Å². The second-order valence-corrected chi connectivity index (χ2v) is 6.64. The predicted octanol–water partition coefficient (Wildman–Crippen LogP) is 3.52. The Morgan fingerprint density at radius 3 is 2.83 bits per heavy atom.